The van der Waals surface area contributed by atoms with Gasteiger partial charge in [0, 0.05) is 12.2 Å². The highest BCUT2D eigenvalue weighted by Gasteiger charge is 2.08. The average molecular weight is 231 g/mol. The zero-order chi connectivity index (χ0) is 12.4. The second-order valence-electron chi connectivity index (χ2n) is 4.00. The van der Waals surface area contributed by atoms with E-state index < -0.39 is 0 Å². The third-order valence-electron chi connectivity index (χ3n) is 2.61. The molecule has 0 aliphatic rings. The molecule has 2 rings (SSSR count). The molecule has 5 nitrogen and oxygen atoms in total. The van der Waals surface area contributed by atoms with Crippen molar-refractivity contribution in [3.63, 3.8) is 0 Å². The maximum Gasteiger partial charge on any atom is 0.156 e. The zero-order valence-electron chi connectivity index (χ0n) is 10.4. The number of hydrogen-bond acceptors (Lipinski definition) is 4. The van der Waals surface area contributed by atoms with E-state index in [4.69, 9.17) is 5.73 Å². The molecule has 0 unspecified atom stereocenters. The first-order valence-corrected chi connectivity index (χ1v) is 5.74. The van der Waals surface area contributed by atoms with Crippen molar-refractivity contribution in [3.05, 3.63) is 35.0 Å². The molecule has 0 aromatic carbocycles. The van der Waals surface area contributed by atoms with Gasteiger partial charge in [-0.2, -0.15) is 4.68 Å². The minimum Gasteiger partial charge on any atom is -0.326 e. The van der Waals surface area contributed by atoms with E-state index in [1.54, 1.807) is 4.68 Å². The minimum absolute atomic E-state index is 0.509. The standard InChI is InChI=1S/C12H17N5/c1-4-11-5-10(7-13)6-12(15-11)17-9(3)14-8(2)16-17/h5-6H,4,7,13H2,1-3H3. The van der Waals surface area contributed by atoms with Crippen LogP contribution in [0.15, 0.2) is 12.1 Å². The predicted octanol–water partition coefficient (Wildman–Crippen LogP) is 1.30. The topological polar surface area (TPSA) is 69.6 Å². The van der Waals surface area contributed by atoms with E-state index in [0.29, 0.717) is 6.54 Å². The number of hydrogen-bond donors (Lipinski definition) is 1. The lowest BCUT2D eigenvalue weighted by atomic mass is 10.2. The molecular formula is C12H17N5. The highest BCUT2D eigenvalue weighted by atomic mass is 15.4. The molecule has 0 bridgehead atoms. The van der Waals surface area contributed by atoms with Gasteiger partial charge in [0.15, 0.2) is 5.82 Å². The van der Waals surface area contributed by atoms with Crippen molar-refractivity contribution in [3.8, 4) is 5.82 Å². The van der Waals surface area contributed by atoms with Crippen LogP contribution in [0.25, 0.3) is 5.82 Å². The van der Waals surface area contributed by atoms with Crippen molar-refractivity contribution < 1.29 is 0 Å². The summed E-state index contributed by atoms with van der Waals surface area (Å²) in [6, 6.07) is 3.99. The van der Waals surface area contributed by atoms with Crippen molar-refractivity contribution in [2.45, 2.75) is 33.7 Å². The Morgan fingerprint density at radius 3 is 2.53 bits per heavy atom. The van der Waals surface area contributed by atoms with E-state index in [0.717, 1.165) is 35.1 Å². The number of pyridine rings is 1. The van der Waals surface area contributed by atoms with E-state index in [9.17, 15) is 0 Å². The number of nitrogens with two attached hydrogens (primary N) is 1. The van der Waals surface area contributed by atoms with E-state index >= 15 is 0 Å². The number of rotatable bonds is 3. The van der Waals surface area contributed by atoms with Crippen molar-refractivity contribution in [1.29, 1.82) is 0 Å². The van der Waals surface area contributed by atoms with Gasteiger partial charge in [-0.05, 0) is 38.0 Å². The van der Waals surface area contributed by atoms with Crippen LogP contribution in [0.4, 0.5) is 0 Å². The van der Waals surface area contributed by atoms with Gasteiger partial charge in [-0.25, -0.2) is 9.97 Å². The monoisotopic (exact) mass is 231 g/mol. The zero-order valence-corrected chi connectivity index (χ0v) is 10.4. The van der Waals surface area contributed by atoms with Crippen molar-refractivity contribution in [1.82, 2.24) is 19.7 Å². The summed E-state index contributed by atoms with van der Waals surface area (Å²) < 4.78 is 1.76. The van der Waals surface area contributed by atoms with Crippen LogP contribution in [-0.2, 0) is 13.0 Å². The molecule has 17 heavy (non-hydrogen) atoms. The summed E-state index contributed by atoms with van der Waals surface area (Å²) in [7, 11) is 0. The molecule has 2 N–H and O–H groups in total. The second-order valence-corrected chi connectivity index (χ2v) is 4.00. The smallest absolute Gasteiger partial charge is 0.156 e. The Bertz CT molecular complexity index is 507. The molecule has 0 aliphatic heterocycles. The first kappa shape index (κ1) is 11.7. The molecule has 0 saturated heterocycles. The lowest BCUT2D eigenvalue weighted by Gasteiger charge is -2.07. The summed E-state index contributed by atoms with van der Waals surface area (Å²) in [5.41, 5.74) is 7.78. The Labute approximate surface area is 101 Å². The van der Waals surface area contributed by atoms with Gasteiger partial charge in [-0.15, -0.1) is 5.10 Å². The molecule has 2 aromatic heterocycles. The summed E-state index contributed by atoms with van der Waals surface area (Å²) in [6.07, 6.45) is 0.883. The van der Waals surface area contributed by atoms with Gasteiger partial charge in [0.2, 0.25) is 0 Å². The lowest BCUT2D eigenvalue weighted by molar-refractivity contribution is 0.789. The second kappa shape index (κ2) is 4.63. The molecule has 0 fully saturated rings. The molecule has 0 aliphatic carbocycles. The van der Waals surface area contributed by atoms with E-state index in [1.807, 2.05) is 26.0 Å². The van der Waals surface area contributed by atoms with Gasteiger partial charge in [-0.3, -0.25) is 0 Å². The molecule has 0 radical (unpaired) electrons. The first-order chi connectivity index (χ1) is 8.13. The van der Waals surface area contributed by atoms with Crippen LogP contribution < -0.4 is 5.73 Å². The Kier molecular flexibility index (Phi) is 3.19. The summed E-state index contributed by atoms with van der Waals surface area (Å²) in [5.74, 6) is 2.38. The van der Waals surface area contributed by atoms with Crippen molar-refractivity contribution >= 4 is 0 Å². The van der Waals surface area contributed by atoms with Crippen LogP contribution in [0.3, 0.4) is 0 Å². The highest BCUT2D eigenvalue weighted by Crippen LogP contribution is 2.12. The lowest BCUT2D eigenvalue weighted by Crippen LogP contribution is -2.07. The van der Waals surface area contributed by atoms with Gasteiger partial charge in [0.1, 0.15) is 11.6 Å². The minimum atomic E-state index is 0.509. The van der Waals surface area contributed by atoms with E-state index in [1.165, 1.54) is 0 Å². The van der Waals surface area contributed by atoms with Crippen LogP contribution in [0.2, 0.25) is 0 Å². The fourth-order valence-corrected chi connectivity index (χ4v) is 1.78. The molecule has 5 heteroatoms. The van der Waals surface area contributed by atoms with Crippen LogP contribution in [-0.4, -0.2) is 19.7 Å². The normalized spacial score (nSPS) is 10.8. The molecular weight excluding hydrogens is 214 g/mol. The SMILES string of the molecule is CCc1cc(CN)cc(-n2nc(C)nc2C)n1. The number of aryl methyl sites for hydroxylation is 3. The van der Waals surface area contributed by atoms with Gasteiger partial charge in [0.25, 0.3) is 0 Å². The summed E-state index contributed by atoms with van der Waals surface area (Å²) in [5, 5.41) is 4.33. The molecule has 90 valence electrons. The maximum atomic E-state index is 5.69. The Morgan fingerprint density at radius 1 is 1.24 bits per heavy atom. The number of aromatic nitrogens is 4. The van der Waals surface area contributed by atoms with Crippen LogP contribution in [0, 0.1) is 13.8 Å². The van der Waals surface area contributed by atoms with Gasteiger partial charge >= 0.3 is 0 Å². The molecule has 2 aromatic rings. The predicted molar refractivity (Wildman–Crippen MR) is 65.9 cm³/mol. The molecule has 0 amide bonds. The first-order valence-electron chi connectivity index (χ1n) is 5.74. The Morgan fingerprint density at radius 2 is 2.00 bits per heavy atom. The van der Waals surface area contributed by atoms with Gasteiger partial charge < -0.3 is 5.73 Å². The van der Waals surface area contributed by atoms with Gasteiger partial charge in [-0.1, -0.05) is 6.92 Å². The molecule has 0 spiro atoms. The third-order valence-corrected chi connectivity index (χ3v) is 2.61. The summed E-state index contributed by atoms with van der Waals surface area (Å²) in [4.78, 5) is 8.83. The highest BCUT2D eigenvalue weighted by molar-refractivity contribution is 5.31. The molecule has 2 heterocycles. The van der Waals surface area contributed by atoms with Crippen LogP contribution in [0.5, 0.6) is 0 Å². The van der Waals surface area contributed by atoms with Crippen LogP contribution in [0.1, 0.15) is 29.8 Å². The summed E-state index contributed by atoms with van der Waals surface area (Å²) in [6.45, 7) is 6.38. The fourth-order valence-electron chi connectivity index (χ4n) is 1.78. The maximum absolute atomic E-state index is 5.69. The number of nitrogens with zero attached hydrogens (tertiary/aromatic N) is 4. The van der Waals surface area contributed by atoms with Gasteiger partial charge in [0.05, 0.1) is 0 Å². The summed E-state index contributed by atoms with van der Waals surface area (Å²) >= 11 is 0. The van der Waals surface area contributed by atoms with E-state index in [2.05, 4.69) is 22.0 Å². The van der Waals surface area contributed by atoms with Crippen molar-refractivity contribution in [2.24, 2.45) is 5.73 Å². The quantitative estimate of drug-likeness (QED) is 0.864. The van der Waals surface area contributed by atoms with Crippen molar-refractivity contribution in [2.75, 3.05) is 0 Å². The molecule has 0 atom stereocenters. The Hall–Kier alpha value is -1.75. The fraction of sp³-hybridized carbons (Fsp3) is 0.417. The average Bonchev–Trinajstić information content (AvgIpc) is 2.67. The third kappa shape index (κ3) is 2.34. The van der Waals surface area contributed by atoms with E-state index in [-0.39, 0.29) is 0 Å². The Balaban J connectivity index is 2.54. The van der Waals surface area contributed by atoms with Crippen LogP contribution >= 0.6 is 0 Å². The largest absolute Gasteiger partial charge is 0.326 e. The molecule has 0 saturated carbocycles.